The van der Waals surface area contributed by atoms with Crippen molar-refractivity contribution in [1.29, 1.82) is 5.26 Å². The van der Waals surface area contributed by atoms with Gasteiger partial charge in [-0.3, -0.25) is 4.79 Å². The largest absolute Gasteiger partial charge is 0.465 e. The molecule has 1 fully saturated rings. The van der Waals surface area contributed by atoms with E-state index < -0.39 is 35.4 Å². The first-order valence-electron chi connectivity index (χ1n) is 10.6. The average molecular weight is 450 g/mol. The van der Waals surface area contributed by atoms with E-state index in [1.165, 1.54) is 12.0 Å². The predicted octanol–water partition coefficient (Wildman–Crippen LogP) is 3.94. The third-order valence-electron chi connectivity index (χ3n) is 5.36. The van der Waals surface area contributed by atoms with Gasteiger partial charge in [-0.05, 0) is 50.6 Å². The van der Waals surface area contributed by atoms with Gasteiger partial charge in [0.1, 0.15) is 5.60 Å². The van der Waals surface area contributed by atoms with Crippen molar-refractivity contribution in [1.82, 2.24) is 4.90 Å². The van der Waals surface area contributed by atoms with Crippen LogP contribution in [0.4, 0.5) is 10.5 Å². The summed E-state index contributed by atoms with van der Waals surface area (Å²) in [6, 6.07) is 15.4. The molecule has 172 valence electrons. The van der Waals surface area contributed by atoms with Crippen LogP contribution in [-0.4, -0.2) is 48.7 Å². The summed E-state index contributed by atoms with van der Waals surface area (Å²) in [5, 5.41) is 9.73. The maximum atomic E-state index is 13.5. The first-order valence-corrected chi connectivity index (χ1v) is 10.6. The number of likely N-dealkylation sites (tertiary alicyclic amines) is 1. The molecule has 0 N–H and O–H groups in total. The molecule has 0 saturated carbocycles. The number of nitriles is 1. The van der Waals surface area contributed by atoms with Gasteiger partial charge >= 0.3 is 12.1 Å². The molecule has 1 heterocycles. The predicted molar refractivity (Wildman–Crippen MR) is 121 cm³/mol. The van der Waals surface area contributed by atoms with Gasteiger partial charge in [0.25, 0.3) is 0 Å². The molecular formula is C25H27N3O5. The van der Waals surface area contributed by atoms with Crippen molar-refractivity contribution in [2.24, 2.45) is 5.92 Å². The van der Waals surface area contributed by atoms with Crippen molar-refractivity contribution in [2.75, 3.05) is 25.1 Å². The minimum Gasteiger partial charge on any atom is -0.465 e. The molecule has 3 rings (SSSR count). The topological polar surface area (TPSA) is 99.9 Å². The number of carbonyl (C=O) groups excluding carboxylic acids is 3. The average Bonchev–Trinajstić information content (AvgIpc) is 3.24. The molecule has 2 aromatic carbocycles. The van der Waals surface area contributed by atoms with E-state index in [4.69, 9.17) is 9.47 Å². The molecule has 2 unspecified atom stereocenters. The van der Waals surface area contributed by atoms with E-state index in [1.54, 1.807) is 75.4 Å². The summed E-state index contributed by atoms with van der Waals surface area (Å²) in [7, 11) is 1.30. The van der Waals surface area contributed by atoms with E-state index in [2.05, 4.69) is 0 Å². The normalized spacial score (nSPS) is 17.7. The molecule has 8 nitrogen and oxygen atoms in total. The van der Waals surface area contributed by atoms with Gasteiger partial charge in [-0.25, -0.2) is 14.5 Å². The van der Waals surface area contributed by atoms with Crippen LogP contribution in [0.3, 0.4) is 0 Å². The Balaban J connectivity index is 1.97. The highest BCUT2D eigenvalue weighted by atomic mass is 16.6. The zero-order chi connectivity index (χ0) is 24.2. The van der Waals surface area contributed by atoms with Crippen LogP contribution < -0.4 is 4.90 Å². The summed E-state index contributed by atoms with van der Waals surface area (Å²) in [5.74, 6) is -2.06. The number of anilines is 1. The number of nitrogens with zero attached hydrogens (tertiary/aromatic N) is 3. The lowest BCUT2D eigenvalue weighted by Crippen LogP contribution is -2.38. The minimum absolute atomic E-state index is 0.0892. The molecule has 8 heteroatoms. The van der Waals surface area contributed by atoms with Crippen molar-refractivity contribution in [3.8, 4) is 6.19 Å². The molecule has 2 amide bonds. The molecular weight excluding hydrogens is 422 g/mol. The minimum atomic E-state index is -0.703. The highest BCUT2D eigenvalue weighted by molar-refractivity contribution is 5.99. The van der Waals surface area contributed by atoms with Crippen LogP contribution in [-0.2, 0) is 14.3 Å². The number of hydrogen-bond donors (Lipinski definition) is 0. The fourth-order valence-corrected chi connectivity index (χ4v) is 3.86. The molecule has 1 aliphatic rings. The number of carbonyl (C=O) groups is 3. The Bertz CT molecular complexity index is 1070. The Morgan fingerprint density at radius 3 is 2.36 bits per heavy atom. The quantitative estimate of drug-likeness (QED) is 0.398. The van der Waals surface area contributed by atoms with Gasteiger partial charge in [-0.15, -0.1) is 0 Å². The monoisotopic (exact) mass is 449 g/mol. The van der Waals surface area contributed by atoms with Crippen LogP contribution in [0.15, 0.2) is 54.6 Å². The molecule has 33 heavy (non-hydrogen) atoms. The van der Waals surface area contributed by atoms with Crippen molar-refractivity contribution in [2.45, 2.75) is 32.3 Å². The van der Waals surface area contributed by atoms with E-state index in [0.29, 0.717) is 16.8 Å². The zero-order valence-corrected chi connectivity index (χ0v) is 19.1. The second-order valence-corrected chi connectivity index (χ2v) is 8.82. The number of amides is 2. The Morgan fingerprint density at radius 1 is 1.06 bits per heavy atom. The highest BCUT2D eigenvalue weighted by Crippen LogP contribution is 2.36. The molecule has 0 aromatic heterocycles. The molecule has 0 radical (unpaired) electrons. The first kappa shape index (κ1) is 23.8. The van der Waals surface area contributed by atoms with Crippen LogP contribution in [0.1, 0.15) is 42.6 Å². The molecule has 1 aliphatic heterocycles. The Kier molecular flexibility index (Phi) is 7.02. The molecule has 0 spiro atoms. The molecule has 1 saturated heterocycles. The Labute approximate surface area is 193 Å². The molecule has 2 atom stereocenters. The van der Waals surface area contributed by atoms with E-state index in [1.807, 2.05) is 6.19 Å². The van der Waals surface area contributed by atoms with Gasteiger partial charge in [0.05, 0.1) is 24.3 Å². The van der Waals surface area contributed by atoms with Crippen LogP contribution in [0.25, 0.3) is 0 Å². The molecule has 0 aliphatic carbocycles. The fourth-order valence-electron chi connectivity index (χ4n) is 3.86. The summed E-state index contributed by atoms with van der Waals surface area (Å²) < 4.78 is 10.3. The SMILES string of the molecule is COC(=O)c1cccc(C2CN(C(=O)OC(C)(C)C)CC2C(=O)N(C#N)c2ccccc2)c1. The summed E-state index contributed by atoms with van der Waals surface area (Å²) in [6.07, 6.45) is 1.43. The van der Waals surface area contributed by atoms with E-state index in [0.717, 1.165) is 4.90 Å². The fraction of sp³-hybridized carbons (Fsp3) is 0.360. The summed E-state index contributed by atoms with van der Waals surface area (Å²) in [5.41, 5.74) is 0.801. The second-order valence-electron chi connectivity index (χ2n) is 8.82. The zero-order valence-electron chi connectivity index (χ0n) is 19.1. The Hall–Kier alpha value is -3.86. The summed E-state index contributed by atoms with van der Waals surface area (Å²) in [4.78, 5) is 40.9. The van der Waals surface area contributed by atoms with Gasteiger partial charge in [-0.1, -0.05) is 30.3 Å². The van der Waals surface area contributed by atoms with Gasteiger partial charge < -0.3 is 14.4 Å². The maximum absolute atomic E-state index is 13.5. The smallest absolute Gasteiger partial charge is 0.410 e. The number of methoxy groups -OCH3 is 1. The maximum Gasteiger partial charge on any atom is 0.410 e. The second kappa shape index (κ2) is 9.74. The number of benzene rings is 2. The van der Waals surface area contributed by atoms with Crippen LogP contribution in [0.5, 0.6) is 0 Å². The third-order valence-corrected chi connectivity index (χ3v) is 5.36. The van der Waals surface area contributed by atoms with Gasteiger partial charge in [0.15, 0.2) is 6.19 Å². The van der Waals surface area contributed by atoms with Crippen molar-refractivity contribution < 1.29 is 23.9 Å². The van der Waals surface area contributed by atoms with Gasteiger partial charge in [0.2, 0.25) is 5.91 Å². The standard InChI is InChI=1S/C25H27N3O5/c1-25(2,3)33-24(31)27-14-20(17-9-8-10-18(13-17)23(30)32-4)21(15-27)22(29)28(16-26)19-11-6-5-7-12-19/h5-13,20-21H,14-15H2,1-4H3. The van der Waals surface area contributed by atoms with E-state index >= 15 is 0 Å². The van der Waals surface area contributed by atoms with E-state index in [-0.39, 0.29) is 13.1 Å². The lowest BCUT2D eigenvalue weighted by atomic mass is 9.87. The van der Waals surface area contributed by atoms with Crippen molar-refractivity contribution >= 4 is 23.7 Å². The van der Waals surface area contributed by atoms with Crippen molar-refractivity contribution in [3.63, 3.8) is 0 Å². The van der Waals surface area contributed by atoms with E-state index in [9.17, 15) is 19.6 Å². The lowest BCUT2D eigenvalue weighted by molar-refractivity contribution is -0.121. The lowest BCUT2D eigenvalue weighted by Gasteiger charge is -2.24. The molecule has 2 aromatic rings. The highest BCUT2D eigenvalue weighted by Gasteiger charge is 2.44. The number of hydrogen-bond acceptors (Lipinski definition) is 6. The van der Waals surface area contributed by atoms with Gasteiger partial charge in [0, 0.05) is 19.0 Å². The number of esters is 1. The summed E-state index contributed by atoms with van der Waals surface area (Å²) in [6.45, 7) is 5.62. The molecule has 0 bridgehead atoms. The van der Waals surface area contributed by atoms with Crippen molar-refractivity contribution in [3.05, 3.63) is 65.7 Å². The Morgan fingerprint density at radius 2 is 1.76 bits per heavy atom. The first-order chi connectivity index (χ1) is 15.6. The number of rotatable bonds is 4. The van der Waals surface area contributed by atoms with Crippen LogP contribution in [0, 0.1) is 17.4 Å². The number of ether oxygens (including phenoxy) is 2. The summed E-state index contributed by atoms with van der Waals surface area (Å²) >= 11 is 0. The van der Waals surface area contributed by atoms with Crippen LogP contribution >= 0.6 is 0 Å². The van der Waals surface area contributed by atoms with Crippen LogP contribution in [0.2, 0.25) is 0 Å². The number of para-hydroxylation sites is 1. The van der Waals surface area contributed by atoms with Gasteiger partial charge in [-0.2, -0.15) is 5.26 Å². The third kappa shape index (κ3) is 5.50.